The smallest absolute Gasteiger partial charge is 0.326 e. The van der Waals surface area contributed by atoms with Gasteiger partial charge in [-0.1, -0.05) is 27.7 Å². The largest absolute Gasteiger partial charge is 0.480 e. The molecule has 0 radical (unpaired) electrons. The molecule has 0 aliphatic carbocycles. The molecule has 0 saturated heterocycles. The Kier molecular flexibility index (Phi) is 7.90. The molecule has 0 aromatic rings. The SMILES string of the molecule is CC(C)[C@H](NC(=O)[C@@H](NC(=O)[C@@H](N)CO)C(C)C)C(=O)O. The van der Waals surface area contributed by atoms with Crippen LogP contribution in [0.25, 0.3) is 0 Å². The van der Waals surface area contributed by atoms with E-state index in [1.54, 1.807) is 27.7 Å². The summed E-state index contributed by atoms with van der Waals surface area (Å²) < 4.78 is 0. The van der Waals surface area contributed by atoms with Gasteiger partial charge in [0.25, 0.3) is 0 Å². The Morgan fingerprint density at radius 2 is 1.38 bits per heavy atom. The molecule has 0 saturated carbocycles. The van der Waals surface area contributed by atoms with Crippen LogP contribution >= 0.6 is 0 Å². The second kappa shape index (κ2) is 8.58. The number of rotatable bonds is 8. The summed E-state index contributed by atoms with van der Waals surface area (Å²) in [6.45, 7) is 6.22. The molecular formula is C13H25N3O5. The van der Waals surface area contributed by atoms with Crippen LogP contribution in [0.3, 0.4) is 0 Å². The number of aliphatic hydroxyl groups is 1. The van der Waals surface area contributed by atoms with Crippen molar-refractivity contribution in [1.29, 1.82) is 0 Å². The number of carboxylic acid groups (broad SMARTS) is 1. The molecule has 0 aromatic heterocycles. The number of carboxylic acids is 1. The van der Waals surface area contributed by atoms with Crippen molar-refractivity contribution in [2.24, 2.45) is 17.6 Å². The van der Waals surface area contributed by atoms with Crippen molar-refractivity contribution in [1.82, 2.24) is 10.6 Å². The molecule has 0 aromatic carbocycles. The summed E-state index contributed by atoms with van der Waals surface area (Å²) in [7, 11) is 0. The average Bonchev–Trinajstić information content (AvgIpc) is 2.39. The van der Waals surface area contributed by atoms with Crippen molar-refractivity contribution in [2.45, 2.75) is 45.8 Å². The zero-order chi connectivity index (χ0) is 16.7. The standard InChI is InChI=1S/C13H25N3O5/c1-6(2)9(15-11(18)8(14)5-17)12(19)16-10(7(3)4)13(20)21/h6-10,17H,5,14H2,1-4H3,(H,15,18)(H,16,19)(H,20,21)/t8-,9-,10-/m0/s1. The molecule has 8 nitrogen and oxygen atoms in total. The molecule has 21 heavy (non-hydrogen) atoms. The van der Waals surface area contributed by atoms with Gasteiger partial charge in [-0.25, -0.2) is 4.79 Å². The molecule has 0 heterocycles. The van der Waals surface area contributed by atoms with Gasteiger partial charge < -0.3 is 26.6 Å². The van der Waals surface area contributed by atoms with Crippen LogP contribution in [0.1, 0.15) is 27.7 Å². The predicted octanol–water partition coefficient (Wildman–Crippen LogP) is -1.33. The molecular weight excluding hydrogens is 278 g/mol. The van der Waals surface area contributed by atoms with Crippen LogP contribution < -0.4 is 16.4 Å². The van der Waals surface area contributed by atoms with Gasteiger partial charge in [0.05, 0.1) is 6.61 Å². The van der Waals surface area contributed by atoms with E-state index < -0.39 is 42.5 Å². The number of hydrogen-bond donors (Lipinski definition) is 5. The molecule has 0 aliphatic rings. The van der Waals surface area contributed by atoms with Crippen molar-refractivity contribution < 1.29 is 24.6 Å². The zero-order valence-corrected chi connectivity index (χ0v) is 12.8. The van der Waals surface area contributed by atoms with Crippen molar-refractivity contribution in [3.63, 3.8) is 0 Å². The number of nitrogens with two attached hydrogens (primary N) is 1. The van der Waals surface area contributed by atoms with Gasteiger partial charge in [0.2, 0.25) is 11.8 Å². The highest BCUT2D eigenvalue weighted by atomic mass is 16.4. The summed E-state index contributed by atoms with van der Waals surface area (Å²) >= 11 is 0. The van der Waals surface area contributed by atoms with Crippen molar-refractivity contribution in [3.8, 4) is 0 Å². The van der Waals surface area contributed by atoms with Crippen LogP contribution in [-0.2, 0) is 14.4 Å². The summed E-state index contributed by atoms with van der Waals surface area (Å²) in [6, 6.07) is -3.09. The van der Waals surface area contributed by atoms with E-state index in [1.807, 2.05) is 0 Å². The molecule has 0 unspecified atom stereocenters. The minimum absolute atomic E-state index is 0.263. The summed E-state index contributed by atoms with van der Waals surface area (Å²) in [4.78, 5) is 34.9. The molecule has 3 atom stereocenters. The van der Waals surface area contributed by atoms with Crippen LogP contribution in [0.15, 0.2) is 0 Å². The van der Waals surface area contributed by atoms with E-state index in [4.69, 9.17) is 15.9 Å². The highest BCUT2D eigenvalue weighted by Crippen LogP contribution is 2.06. The van der Waals surface area contributed by atoms with Gasteiger partial charge in [-0.15, -0.1) is 0 Å². The highest BCUT2D eigenvalue weighted by molar-refractivity contribution is 5.92. The number of aliphatic hydroxyl groups excluding tert-OH is 1. The van der Waals surface area contributed by atoms with E-state index in [2.05, 4.69) is 10.6 Å². The second-order valence-corrected chi connectivity index (χ2v) is 5.59. The Morgan fingerprint density at radius 1 is 0.952 bits per heavy atom. The zero-order valence-electron chi connectivity index (χ0n) is 12.8. The summed E-state index contributed by atoms with van der Waals surface area (Å²) in [6.07, 6.45) is 0. The van der Waals surface area contributed by atoms with Crippen molar-refractivity contribution in [3.05, 3.63) is 0 Å². The van der Waals surface area contributed by atoms with Gasteiger partial charge in [-0.3, -0.25) is 9.59 Å². The van der Waals surface area contributed by atoms with E-state index in [-0.39, 0.29) is 11.8 Å². The molecule has 0 spiro atoms. The predicted molar refractivity (Wildman–Crippen MR) is 76.2 cm³/mol. The van der Waals surface area contributed by atoms with E-state index in [1.165, 1.54) is 0 Å². The fourth-order valence-corrected chi connectivity index (χ4v) is 1.63. The van der Waals surface area contributed by atoms with Crippen LogP contribution in [-0.4, -0.2) is 52.7 Å². The topological polar surface area (TPSA) is 142 Å². The van der Waals surface area contributed by atoms with Crippen molar-refractivity contribution in [2.75, 3.05) is 6.61 Å². The van der Waals surface area contributed by atoms with Crippen LogP contribution in [0.4, 0.5) is 0 Å². The lowest BCUT2D eigenvalue weighted by Crippen LogP contribution is -2.57. The first-order chi connectivity index (χ1) is 9.61. The van der Waals surface area contributed by atoms with Gasteiger partial charge in [0, 0.05) is 0 Å². The van der Waals surface area contributed by atoms with E-state index in [0.29, 0.717) is 0 Å². The average molecular weight is 303 g/mol. The first-order valence-corrected chi connectivity index (χ1v) is 6.81. The number of amides is 2. The first-order valence-electron chi connectivity index (χ1n) is 6.81. The molecule has 6 N–H and O–H groups in total. The van der Waals surface area contributed by atoms with Crippen LogP contribution in [0.5, 0.6) is 0 Å². The van der Waals surface area contributed by atoms with Gasteiger partial charge in [-0.05, 0) is 11.8 Å². The summed E-state index contributed by atoms with van der Waals surface area (Å²) in [5.41, 5.74) is 5.37. The lowest BCUT2D eigenvalue weighted by Gasteiger charge is -2.26. The molecule has 2 amide bonds. The lowest BCUT2D eigenvalue weighted by atomic mass is 10.00. The number of nitrogens with one attached hydrogen (secondary N) is 2. The molecule has 122 valence electrons. The maximum absolute atomic E-state index is 12.2. The number of carbonyl (C=O) groups excluding carboxylic acids is 2. The summed E-state index contributed by atoms with van der Waals surface area (Å²) in [5.74, 6) is -2.96. The van der Waals surface area contributed by atoms with Crippen LogP contribution in [0, 0.1) is 11.8 Å². The van der Waals surface area contributed by atoms with E-state index in [0.717, 1.165) is 0 Å². The Morgan fingerprint density at radius 3 is 1.71 bits per heavy atom. The maximum atomic E-state index is 12.2. The first kappa shape index (κ1) is 19.3. The third-order valence-electron chi connectivity index (χ3n) is 3.01. The normalized spacial score (nSPS) is 15.4. The molecule has 0 rings (SSSR count). The minimum Gasteiger partial charge on any atom is -0.480 e. The Bertz CT molecular complexity index is 384. The number of hydrogen-bond acceptors (Lipinski definition) is 5. The molecule has 0 aliphatic heterocycles. The fourth-order valence-electron chi connectivity index (χ4n) is 1.63. The second-order valence-electron chi connectivity index (χ2n) is 5.59. The van der Waals surface area contributed by atoms with E-state index >= 15 is 0 Å². The lowest BCUT2D eigenvalue weighted by molar-refractivity contribution is -0.143. The van der Waals surface area contributed by atoms with Gasteiger partial charge in [0.1, 0.15) is 18.1 Å². The third-order valence-corrected chi connectivity index (χ3v) is 3.01. The maximum Gasteiger partial charge on any atom is 0.326 e. The van der Waals surface area contributed by atoms with Gasteiger partial charge in [-0.2, -0.15) is 0 Å². The quantitative estimate of drug-likeness (QED) is 0.376. The minimum atomic E-state index is -1.14. The third kappa shape index (κ3) is 6.09. The Labute approximate surface area is 124 Å². The Balaban J connectivity index is 4.92. The molecule has 0 bridgehead atoms. The van der Waals surface area contributed by atoms with E-state index in [9.17, 15) is 14.4 Å². The fraction of sp³-hybridized carbons (Fsp3) is 0.769. The molecule has 8 heteroatoms. The summed E-state index contributed by atoms with van der Waals surface area (Å²) in [5, 5.41) is 22.7. The number of aliphatic carboxylic acids is 1. The van der Waals surface area contributed by atoms with Crippen LogP contribution in [0.2, 0.25) is 0 Å². The van der Waals surface area contributed by atoms with Gasteiger partial charge in [0.15, 0.2) is 0 Å². The van der Waals surface area contributed by atoms with Gasteiger partial charge >= 0.3 is 5.97 Å². The Hall–Kier alpha value is -1.67. The molecule has 0 fully saturated rings. The number of carbonyl (C=O) groups is 3. The highest BCUT2D eigenvalue weighted by Gasteiger charge is 2.30. The van der Waals surface area contributed by atoms with Crippen molar-refractivity contribution >= 4 is 17.8 Å². The monoisotopic (exact) mass is 303 g/mol.